The zero-order valence-corrected chi connectivity index (χ0v) is 12.0. The summed E-state index contributed by atoms with van der Waals surface area (Å²) in [6, 6.07) is 9.25. The van der Waals surface area contributed by atoms with Crippen LogP contribution in [0.3, 0.4) is 0 Å². The van der Waals surface area contributed by atoms with Crippen LogP contribution < -0.4 is 0 Å². The molecule has 21 heavy (non-hydrogen) atoms. The Kier molecular flexibility index (Phi) is 4.09. The fourth-order valence-corrected chi connectivity index (χ4v) is 2.33. The number of halogens is 2. The van der Waals surface area contributed by atoms with Gasteiger partial charge in [0.1, 0.15) is 0 Å². The van der Waals surface area contributed by atoms with Gasteiger partial charge in [-0.15, -0.1) is 0 Å². The topological polar surface area (TPSA) is 52.9 Å². The summed E-state index contributed by atoms with van der Waals surface area (Å²) in [4.78, 5) is 12.2. The van der Waals surface area contributed by atoms with Crippen molar-refractivity contribution in [3.8, 4) is 0 Å². The van der Waals surface area contributed by atoms with Crippen LogP contribution >= 0.6 is 0 Å². The molecule has 0 fully saturated rings. The molecule has 1 amide bonds. The van der Waals surface area contributed by atoms with Gasteiger partial charge < -0.3 is 5.11 Å². The van der Waals surface area contributed by atoms with Crippen molar-refractivity contribution >= 4 is 11.6 Å². The van der Waals surface area contributed by atoms with E-state index in [0.717, 1.165) is 5.56 Å². The third kappa shape index (κ3) is 3.10. The number of benzene rings is 1. The molecule has 114 valence electrons. The van der Waals surface area contributed by atoms with Gasteiger partial charge in [0.2, 0.25) is 11.6 Å². The Labute approximate surface area is 122 Å². The summed E-state index contributed by atoms with van der Waals surface area (Å²) in [5.74, 6) is -4.06. The number of rotatable bonds is 4. The van der Waals surface area contributed by atoms with Crippen LogP contribution in [-0.4, -0.2) is 33.4 Å². The maximum Gasteiger partial charge on any atom is 0.294 e. The van der Waals surface area contributed by atoms with Crippen molar-refractivity contribution < 1.29 is 18.7 Å². The minimum absolute atomic E-state index is 0.0131. The Morgan fingerprint density at radius 1 is 1.43 bits per heavy atom. The number of nitrogens with zero attached hydrogens (tertiary/aromatic N) is 2. The number of aryl methyl sites for hydroxylation is 1. The Morgan fingerprint density at radius 2 is 2.05 bits per heavy atom. The smallest absolute Gasteiger partial charge is 0.294 e. The van der Waals surface area contributed by atoms with E-state index < -0.39 is 17.6 Å². The summed E-state index contributed by atoms with van der Waals surface area (Å²) < 4.78 is 27.3. The van der Waals surface area contributed by atoms with Gasteiger partial charge in [-0.25, -0.2) is 8.78 Å². The second-order valence-corrected chi connectivity index (χ2v) is 5.41. The summed E-state index contributed by atoms with van der Waals surface area (Å²) in [6.45, 7) is 2.11. The number of alkyl halides is 2. The molecule has 1 aliphatic rings. The van der Waals surface area contributed by atoms with Crippen molar-refractivity contribution in [2.75, 3.05) is 0 Å². The Morgan fingerprint density at radius 3 is 2.62 bits per heavy atom. The lowest BCUT2D eigenvalue weighted by Crippen LogP contribution is -2.57. The molecule has 1 aromatic carbocycles. The highest BCUT2D eigenvalue weighted by Crippen LogP contribution is 2.39. The van der Waals surface area contributed by atoms with Crippen LogP contribution in [0, 0.1) is 0 Å². The van der Waals surface area contributed by atoms with E-state index in [4.69, 9.17) is 0 Å². The first-order chi connectivity index (χ1) is 9.74. The monoisotopic (exact) mass is 296 g/mol. The van der Waals surface area contributed by atoms with Crippen LogP contribution in [0.4, 0.5) is 8.78 Å². The van der Waals surface area contributed by atoms with Crippen LogP contribution in [0.25, 0.3) is 0 Å². The standard InChI is InChI=1S/C15H18F2N2O2/c1-11-10-15(21,14(2,16)17)19(18-11)13(20)9-8-12-6-4-3-5-7-12/h3-7,21H,8-10H2,1-2H3/t15-/m0/s1. The molecule has 6 heteroatoms. The van der Waals surface area contributed by atoms with Crippen LogP contribution in [-0.2, 0) is 11.2 Å². The summed E-state index contributed by atoms with van der Waals surface area (Å²) in [5, 5.41) is 14.5. The van der Waals surface area contributed by atoms with Gasteiger partial charge in [-0.3, -0.25) is 4.79 Å². The summed E-state index contributed by atoms with van der Waals surface area (Å²) in [7, 11) is 0. The van der Waals surface area contributed by atoms with E-state index in [2.05, 4.69) is 5.10 Å². The maximum atomic E-state index is 13.6. The second kappa shape index (κ2) is 5.52. The second-order valence-electron chi connectivity index (χ2n) is 5.41. The molecule has 0 saturated carbocycles. The van der Waals surface area contributed by atoms with Gasteiger partial charge >= 0.3 is 0 Å². The Balaban J connectivity index is 2.10. The van der Waals surface area contributed by atoms with E-state index in [1.807, 2.05) is 30.3 Å². The predicted molar refractivity (Wildman–Crippen MR) is 74.9 cm³/mol. The molecule has 4 nitrogen and oxygen atoms in total. The molecule has 1 aromatic rings. The molecule has 2 rings (SSSR count). The SMILES string of the molecule is CC1=NN(C(=O)CCc2ccccc2)[C@@](O)(C(C)(F)F)C1. The van der Waals surface area contributed by atoms with E-state index in [-0.39, 0.29) is 12.8 Å². The predicted octanol–water partition coefficient (Wildman–Crippen LogP) is 2.57. The highest BCUT2D eigenvalue weighted by Gasteiger charge is 2.58. The first-order valence-corrected chi connectivity index (χ1v) is 6.75. The first kappa shape index (κ1) is 15.6. The zero-order chi connectivity index (χ0) is 15.7. The molecule has 0 saturated heterocycles. The van der Waals surface area contributed by atoms with Crippen LogP contribution in [0.1, 0.15) is 32.3 Å². The molecule has 0 aromatic heterocycles. The van der Waals surface area contributed by atoms with Crippen molar-refractivity contribution in [2.24, 2.45) is 5.10 Å². The Hall–Kier alpha value is -1.82. The van der Waals surface area contributed by atoms with Gasteiger partial charge in [0.05, 0.1) is 0 Å². The molecular weight excluding hydrogens is 278 g/mol. The van der Waals surface area contributed by atoms with Gasteiger partial charge in [0, 0.05) is 25.5 Å². The van der Waals surface area contributed by atoms with Crippen LogP contribution in [0.5, 0.6) is 0 Å². The molecule has 1 heterocycles. The molecular formula is C15H18F2N2O2. The lowest BCUT2D eigenvalue weighted by atomic mass is 10.0. The molecule has 0 unspecified atom stereocenters. The first-order valence-electron chi connectivity index (χ1n) is 6.75. The van der Waals surface area contributed by atoms with E-state index >= 15 is 0 Å². The van der Waals surface area contributed by atoms with Crippen molar-refractivity contribution in [1.82, 2.24) is 5.01 Å². The molecule has 0 radical (unpaired) electrons. The van der Waals surface area contributed by atoms with Gasteiger partial charge in [0.15, 0.2) is 0 Å². The molecule has 1 atom stereocenters. The van der Waals surface area contributed by atoms with Crippen molar-refractivity contribution in [1.29, 1.82) is 0 Å². The fraction of sp³-hybridized carbons (Fsp3) is 0.467. The number of hydrogen-bond acceptors (Lipinski definition) is 3. The summed E-state index contributed by atoms with van der Waals surface area (Å²) >= 11 is 0. The third-order valence-corrected chi connectivity index (χ3v) is 3.53. The van der Waals surface area contributed by atoms with Crippen LogP contribution in [0.2, 0.25) is 0 Å². The number of hydrogen-bond donors (Lipinski definition) is 1. The number of carbonyl (C=O) groups excluding carboxylic acids is 1. The average molecular weight is 296 g/mol. The van der Waals surface area contributed by atoms with E-state index in [9.17, 15) is 18.7 Å². The quantitative estimate of drug-likeness (QED) is 0.928. The van der Waals surface area contributed by atoms with Gasteiger partial charge in [-0.2, -0.15) is 10.1 Å². The normalized spacial score (nSPS) is 22.3. The van der Waals surface area contributed by atoms with Crippen molar-refractivity contribution in [2.45, 2.75) is 44.8 Å². The van der Waals surface area contributed by atoms with Gasteiger partial charge in [0.25, 0.3) is 5.92 Å². The van der Waals surface area contributed by atoms with Gasteiger partial charge in [-0.05, 0) is 18.9 Å². The van der Waals surface area contributed by atoms with Crippen molar-refractivity contribution in [3.63, 3.8) is 0 Å². The Bertz CT molecular complexity index is 555. The highest BCUT2D eigenvalue weighted by atomic mass is 19.3. The maximum absolute atomic E-state index is 13.6. The fourth-order valence-electron chi connectivity index (χ4n) is 2.33. The minimum Gasteiger partial charge on any atom is -0.364 e. The van der Waals surface area contributed by atoms with Gasteiger partial charge in [-0.1, -0.05) is 30.3 Å². The largest absolute Gasteiger partial charge is 0.364 e. The summed E-state index contributed by atoms with van der Waals surface area (Å²) in [6.07, 6.45) is 0.0862. The van der Waals surface area contributed by atoms with Crippen LogP contribution in [0.15, 0.2) is 35.4 Å². The number of carbonyl (C=O) groups is 1. The minimum atomic E-state index is -3.45. The molecule has 0 bridgehead atoms. The third-order valence-electron chi connectivity index (χ3n) is 3.53. The van der Waals surface area contributed by atoms with E-state index in [1.54, 1.807) is 0 Å². The summed E-state index contributed by atoms with van der Waals surface area (Å²) in [5.41, 5.74) is -1.32. The number of aliphatic hydroxyl groups is 1. The van der Waals surface area contributed by atoms with E-state index in [0.29, 0.717) is 24.1 Å². The average Bonchev–Trinajstić information content (AvgIpc) is 2.73. The molecule has 0 spiro atoms. The highest BCUT2D eigenvalue weighted by molar-refractivity contribution is 5.89. The van der Waals surface area contributed by atoms with E-state index in [1.165, 1.54) is 6.92 Å². The molecule has 1 aliphatic heterocycles. The van der Waals surface area contributed by atoms with Crippen molar-refractivity contribution in [3.05, 3.63) is 35.9 Å². The molecule has 1 N–H and O–H groups in total. The molecule has 0 aliphatic carbocycles. The lowest BCUT2D eigenvalue weighted by molar-refractivity contribution is -0.235. The lowest BCUT2D eigenvalue weighted by Gasteiger charge is -2.35. The number of amides is 1. The number of hydrazone groups is 1. The zero-order valence-electron chi connectivity index (χ0n) is 12.0.